The van der Waals surface area contributed by atoms with E-state index in [2.05, 4.69) is 0 Å². The van der Waals surface area contributed by atoms with Crippen LogP contribution in [0.25, 0.3) is 0 Å². The Morgan fingerprint density at radius 2 is 0.831 bits per heavy atom. The van der Waals surface area contributed by atoms with Crippen molar-refractivity contribution in [3.8, 4) is 23.0 Å². The van der Waals surface area contributed by atoms with Crippen molar-refractivity contribution in [3.63, 3.8) is 0 Å². The number of β-amino-alcohol motifs (C(OH)–C–C–N with tert-alkyl or cyclic N) is 1. The summed E-state index contributed by atoms with van der Waals surface area (Å²) in [5.74, 6) is -6.34. The first-order valence-electron chi connectivity index (χ1n) is 23.6. The highest BCUT2D eigenvalue weighted by Crippen LogP contribution is 2.50. The number of nitrogens with zero attached hydrogens (tertiary/aromatic N) is 2. The van der Waals surface area contributed by atoms with E-state index >= 15 is 28.0 Å². The van der Waals surface area contributed by atoms with Gasteiger partial charge >= 0.3 is 0 Å². The Kier molecular flexibility index (Phi) is 15.5. The number of halogens is 2. The fourth-order valence-electron chi connectivity index (χ4n) is 11.0. The van der Waals surface area contributed by atoms with E-state index < -0.39 is 53.3 Å². The first kappa shape index (κ1) is 50.3. The molecule has 2 saturated heterocycles. The smallest absolute Gasteiger partial charge is 0.169 e. The number of carbonyl (C=O) groups is 4. The number of aliphatic hydroxyl groups is 1. The second kappa shape index (κ2) is 21.9. The Morgan fingerprint density at radius 1 is 0.493 bits per heavy atom. The summed E-state index contributed by atoms with van der Waals surface area (Å²) >= 11 is 0. The largest absolute Gasteiger partial charge is 0.497 e. The normalized spacial score (nSPS) is 20.7. The highest BCUT2D eigenvalue weighted by atomic mass is 19.1. The van der Waals surface area contributed by atoms with Crippen molar-refractivity contribution in [2.24, 2.45) is 23.7 Å². The van der Waals surface area contributed by atoms with Crippen molar-refractivity contribution >= 4 is 23.1 Å². The van der Waals surface area contributed by atoms with Crippen molar-refractivity contribution in [1.29, 1.82) is 0 Å². The van der Waals surface area contributed by atoms with Gasteiger partial charge in [-0.15, -0.1) is 0 Å². The number of aliphatic hydroxyl groups excluding tert-OH is 1. The van der Waals surface area contributed by atoms with Crippen molar-refractivity contribution in [2.45, 2.75) is 31.8 Å². The standard InChI is InChI=1S/C58H58F2N2O9/c1-34-44(9-7-11-49(34)59)51-46(54(64)36-13-21-40(68-3)22-14-36)32-62(33-47(51)55(65)37-15-23-41(69-4)24-16-37)58-53(57(67)39-19-27-43(71-6)28-20-39)52(45-10-8-12-50(60)35(45)2)48(31-61(58)29-30-63)56(66)38-17-25-42(70-5)26-18-38/h7-28,46-48,51-53,58,63H,29-33H2,1-6H3/t46-,47-,48-,52+,53+,58+/m0/s1. The number of methoxy groups -OCH3 is 4. The third kappa shape index (κ3) is 10.1. The minimum absolute atomic E-state index is 0.000219. The first-order valence-corrected chi connectivity index (χ1v) is 23.6. The molecule has 11 nitrogen and oxygen atoms in total. The van der Waals surface area contributed by atoms with Crippen LogP contribution < -0.4 is 18.9 Å². The van der Waals surface area contributed by atoms with Crippen LogP contribution in [0.3, 0.4) is 0 Å². The number of hydrogen-bond acceptors (Lipinski definition) is 11. The molecule has 1 N–H and O–H groups in total. The van der Waals surface area contributed by atoms with Crippen molar-refractivity contribution in [2.75, 3.05) is 61.2 Å². The summed E-state index contributed by atoms with van der Waals surface area (Å²) in [6, 6.07) is 35.9. The molecule has 13 heteroatoms. The van der Waals surface area contributed by atoms with Crippen molar-refractivity contribution in [1.82, 2.24) is 9.80 Å². The molecule has 6 atom stereocenters. The number of carbonyl (C=O) groups excluding carboxylic acids is 4. The van der Waals surface area contributed by atoms with E-state index in [1.165, 1.54) is 40.6 Å². The molecule has 6 aromatic carbocycles. The lowest BCUT2D eigenvalue weighted by Gasteiger charge is -2.55. The quantitative estimate of drug-likeness (QED) is 0.0878. The lowest BCUT2D eigenvalue weighted by molar-refractivity contribution is -0.0701. The number of hydrogen-bond donors (Lipinski definition) is 1. The van der Waals surface area contributed by atoms with E-state index in [1.807, 2.05) is 9.80 Å². The zero-order valence-electron chi connectivity index (χ0n) is 40.6. The predicted molar refractivity (Wildman–Crippen MR) is 265 cm³/mol. The van der Waals surface area contributed by atoms with E-state index in [-0.39, 0.29) is 67.0 Å². The summed E-state index contributed by atoms with van der Waals surface area (Å²) in [6.07, 6.45) is -1.00. The first-order chi connectivity index (χ1) is 34.3. The lowest BCUT2D eigenvalue weighted by Crippen LogP contribution is -2.66. The average molecular weight is 965 g/mol. The Hall–Kier alpha value is -7.06. The van der Waals surface area contributed by atoms with Gasteiger partial charge in [0.05, 0.1) is 47.1 Å². The molecule has 6 aromatic rings. The molecule has 0 aliphatic carbocycles. The molecular formula is C58H58F2N2O9. The highest BCUT2D eigenvalue weighted by molar-refractivity contribution is 6.04. The van der Waals surface area contributed by atoms with Gasteiger partial charge in [0, 0.05) is 78.0 Å². The molecule has 0 bridgehead atoms. The lowest BCUT2D eigenvalue weighted by atomic mass is 9.64. The van der Waals surface area contributed by atoms with Gasteiger partial charge in [0.25, 0.3) is 0 Å². The molecule has 2 fully saturated rings. The average Bonchev–Trinajstić information content (AvgIpc) is 3.41. The fourth-order valence-corrected chi connectivity index (χ4v) is 11.0. The summed E-state index contributed by atoms with van der Waals surface area (Å²) in [5.41, 5.74) is 2.76. The molecule has 71 heavy (non-hydrogen) atoms. The summed E-state index contributed by atoms with van der Waals surface area (Å²) in [4.78, 5) is 66.0. The van der Waals surface area contributed by atoms with Gasteiger partial charge in [-0.2, -0.15) is 0 Å². The predicted octanol–water partition coefficient (Wildman–Crippen LogP) is 9.43. The zero-order chi connectivity index (χ0) is 50.5. The van der Waals surface area contributed by atoms with Crippen LogP contribution in [0.2, 0.25) is 0 Å². The molecule has 0 aromatic heterocycles. The fraction of sp³-hybridized carbons (Fsp3) is 0.310. The van der Waals surface area contributed by atoms with E-state index in [9.17, 15) is 5.11 Å². The molecule has 0 spiro atoms. The number of rotatable bonds is 17. The van der Waals surface area contributed by atoms with Crippen LogP contribution in [0.5, 0.6) is 23.0 Å². The number of piperidine rings is 2. The van der Waals surface area contributed by atoms with Crippen LogP contribution in [-0.2, 0) is 0 Å². The van der Waals surface area contributed by atoms with Gasteiger partial charge in [0.1, 0.15) is 34.6 Å². The molecule has 0 amide bonds. The van der Waals surface area contributed by atoms with Gasteiger partial charge in [0.15, 0.2) is 23.1 Å². The van der Waals surface area contributed by atoms with Gasteiger partial charge < -0.3 is 24.1 Å². The van der Waals surface area contributed by atoms with Gasteiger partial charge in [-0.1, -0.05) is 24.3 Å². The number of Topliss-reactive ketones (excluding diaryl/α,β-unsaturated/α-hetero) is 4. The topological polar surface area (TPSA) is 132 Å². The number of likely N-dealkylation sites (tertiary alicyclic amines) is 2. The maximum Gasteiger partial charge on any atom is 0.169 e. The Morgan fingerprint density at radius 3 is 1.18 bits per heavy atom. The van der Waals surface area contributed by atoms with Crippen molar-refractivity contribution < 1.29 is 52.0 Å². The number of ether oxygens (including phenoxy) is 4. The van der Waals surface area contributed by atoms with Crippen LogP contribution in [0.1, 0.15) is 75.5 Å². The van der Waals surface area contributed by atoms with E-state index in [0.717, 1.165) is 0 Å². The van der Waals surface area contributed by atoms with Gasteiger partial charge in [-0.3, -0.25) is 29.0 Å². The second-order valence-corrected chi connectivity index (χ2v) is 18.3. The summed E-state index contributed by atoms with van der Waals surface area (Å²) < 4.78 is 53.6. The van der Waals surface area contributed by atoms with Crippen LogP contribution in [0, 0.1) is 49.2 Å². The molecule has 2 aliphatic heterocycles. The zero-order valence-corrected chi connectivity index (χ0v) is 40.6. The number of benzene rings is 6. The molecule has 0 unspecified atom stereocenters. The maximum absolute atomic E-state index is 16.0. The van der Waals surface area contributed by atoms with Gasteiger partial charge in [0.2, 0.25) is 0 Å². The molecule has 2 heterocycles. The molecule has 8 rings (SSSR count). The summed E-state index contributed by atoms with van der Waals surface area (Å²) in [7, 11) is 6.08. The van der Waals surface area contributed by atoms with Crippen LogP contribution in [-0.4, -0.2) is 105 Å². The summed E-state index contributed by atoms with van der Waals surface area (Å²) in [6.45, 7) is 2.79. The molecule has 2 aliphatic rings. The minimum Gasteiger partial charge on any atom is -0.497 e. The van der Waals surface area contributed by atoms with Crippen LogP contribution in [0.15, 0.2) is 133 Å². The second-order valence-electron chi connectivity index (χ2n) is 18.3. The van der Waals surface area contributed by atoms with Gasteiger partial charge in [-0.05, 0) is 145 Å². The third-order valence-corrected chi connectivity index (χ3v) is 14.6. The Labute approximate surface area is 412 Å². The maximum atomic E-state index is 16.0. The van der Waals surface area contributed by atoms with Crippen molar-refractivity contribution in [3.05, 3.63) is 190 Å². The molecule has 0 saturated carbocycles. The van der Waals surface area contributed by atoms with Gasteiger partial charge in [-0.25, -0.2) is 8.78 Å². The van der Waals surface area contributed by atoms with E-state index in [0.29, 0.717) is 56.4 Å². The Bertz CT molecular complexity index is 2800. The molecule has 368 valence electrons. The van der Waals surface area contributed by atoms with E-state index in [1.54, 1.807) is 135 Å². The van der Waals surface area contributed by atoms with E-state index in [4.69, 9.17) is 18.9 Å². The third-order valence-electron chi connectivity index (χ3n) is 14.6. The monoisotopic (exact) mass is 964 g/mol. The van der Waals surface area contributed by atoms with Crippen LogP contribution in [0.4, 0.5) is 8.78 Å². The minimum atomic E-state index is -1.18. The number of ketones is 4. The SMILES string of the molecule is COc1ccc(C(=O)[C@H]2[C@H](c3cccc(F)c3C)[C@@H](C(=O)c3ccc(OC)cc3)CN(CCO)[C@@H]2N2C[C@H](C(=O)c3ccc(OC)cc3)C(c3cccc(F)c3C)[C@@H](C(=O)c3ccc(OC)cc3)C2)cc1. The highest BCUT2D eigenvalue weighted by Gasteiger charge is 2.55. The Balaban J connectivity index is 1.38. The molecular weight excluding hydrogens is 907 g/mol. The van der Waals surface area contributed by atoms with Crippen LogP contribution >= 0.6 is 0 Å². The molecule has 0 radical (unpaired) electrons. The summed E-state index contributed by atoms with van der Waals surface area (Å²) in [5, 5.41) is 10.9.